The molecular formula is C15H11ClO5. The van der Waals surface area contributed by atoms with Gasteiger partial charge in [0.05, 0.1) is 17.5 Å². The summed E-state index contributed by atoms with van der Waals surface area (Å²) >= 11 is 6.15. The fourth-order valence-corrected chi connectivity index (χ4v) is 2.61. The molecule has 0 saturated carbocycles. The van der Waals surface area contributed by atoms with E-state index in [2.05, 4.69) is 0 Å². The molecule has 2 aromatic carbocycles. The SMILES string of the molecule is COc1cc2oc3cc(O)cc(O)c3c(=O)c2c(C)c1Cl. The first-order valence-electron chi connectivity index (χ1n) is 6.09. The minimum absolute atomic E-state index is 0.00429. The van der Waals surface area contributed by atoms with Gasteiger partial charge in [-0.25, -0.2) is 0 Å². The highest BCUT2D eigenvalue weighted by Crippen LogP contribution is 2.36. The number of hydrogen-bond donors (Lipinski definition) is 2. The Bertz CT molecular complexity index is 943. The Morgan fingerprint density at radius 2 is 1.81 bits per heavy atom. The Labute approximate surface area is 123 Å². The molecule has 108 valence electrons. The Hall–Kier alpha value is -2.40. The molecule has 6 heteroatoms. The second-order valence-electron chi connectivity index (χ2n) is 4.66. The molecular weight excluding hydrogens is 296 g/mol. The standard InChI is InChI=1S/C15H11ClO5/c1-6-12-10(5-11(20-2)14(6)16)21-9-4-7(17)3-8(18)13(9)15(12)19/h3-5,17-18H,1-2H3. The average Bonchev–Trinajstić information content (AvgIpc) is 2.41. The molecule has 0 aliphatic carbocycles. The first kappa shape index (κ1) is 13.6. The molecule has 0 amide bonds. The Balaban J connectivity index is 2.60. The number of benzene rings is 2. The highest BCUT2D eigenvalue weighted by Gasteiger charge is 2.18. The van der Waals surface area contributed by atoms with Crippen LogP contribution in [0.1, 0.15) is 5.56 Å². The van der Waals surface area contributed by atoms with Gasteiger partial charge in [-0.2, -0.15) is 0 Å². The zero-order chi connectivity index (χ0) is 15.3. The molecule has 2 N–H and O–H groups in total. The minimum Gasteiger partial charge on any atom is -0.508 e. The van der Waals surface area contributed by atoms with Crippen LogP contribution in [0.25, 0.3) is 21.9 Å². The fraction of sp³-hybridized carbons (Fsp3) is 0.133. The Kier molecular flexibility index (Phi) is 2.95. The summed E-state index contributed by atoms with van der Waals surface area (Å²) in [4.78, 5) is 12.6. The fourth-order valence-electron chi connectivity index (χ4n) is 2.38. The lowest BCUT2D eigenvalue weighted by atomic mass is 10.1. The van der Waals surface area contributed by atoms with Gasteiger partial charge in [0.1, 0.15) is 33.8 Å². The molecule has 0 aliphatic rings. The number of rotatable bonds is 1. The maximum absolute atomic E-state index is 12.6. The van der Waals surface area contributed by atoms with E-state index in [1.807, 2.05) is 0 Å². The van der Waals surface area contributed by atoms with Crippen molar-refractivity contribution in [1.82, 2.24) is 0 Å². The van der Waals surface area contributed by atoms with Crippen LogP contribution in [-0.4, -0.2) is 17.3 Å². The summed E-state index contributed by atoms with van der Waals surface area (Å²) in [6.45, 7) is 1.67. The Morgan fingerprint density at radius 3 is 2.48 bits per heavy atom. The van der Waals surface area contributed by atoms with Gasteiger partial charge in [-0.15, -0.1) is 0 Å². The maximum Gasteiger partial charge on any atom is 0.204 e. The number of phenolic OH excluding ortho intramolecular Hbond substituents is 2. The summed E-state index contributed by atoms with van der Waals surface area (Å²) in [5.74, 6) is -0.152. The van der Waals surface area contributed by atoms with Crippen LogP contribution in [0.4, 0.5) is 0 Å². The zero-order valence-corrected chi connectivity index (χ0v) is 12.0. The molecule has 0 fully saturated rings. The third kappa shape index (κ3) is 1.89. The normalized spacial score (nSPS) is 11.2. The first-order chi connectivity index (χ1) is 9.93. The predicted molar refractivity (Wildman–Crippen MR) is 79.6 cm³/mol. The van der Waals surface area contributed by atoms with Crippen LogP contribution >= 0.6 is 11.6 Å². The number of aromatic hydroxyl groups is 2. The van der Waals surface area contributed by atoms with Crippen molar-refractivity contribution < 1.29 is 19.4 Å². The van der Waals surface area contributed by atoms with E-state index in [-0.39, 0.29) is 33.4 Å². The van der Waals surface area contributed by atoms with E-state index in [1.54, 1.807) is 6.92 Å². The highest BCUT2D eigenvalue weighted by atomic mass is 35.5. The quantitative estimate of drug-likeness (QED) is 0.674. The van der Waals surface area contributed by atoms with E-state index < -0.39 is 5.43 Å². The van der Waals surface area contributed by atoms with Crippen molar-refractivity contribution in [2.45, 2.75) is 6.92 Å². The number of fused-ring (bicyclic) bond motifs is 2. The molecule has 5 nitrogen and oxygen atoms in total. The van der Waals surface area contributed by atoms with E-state index in [0.29, 0.717) is 16.3 Å². The molecule has 0 spiro atoms. The molecule has 1 aromatic heterocycles. The summed E-state index contributed by atoms with van der Waals surface area (Å²) in [6, 6.07) is 3.87. The molecule has 0 unspecified atom stereocenters. The molecule has 1 heterocycles. The van der Waals surface area contributed by atoms with Gasteiger partial charge < -0.3 is 19.4 Å². The highest BCUT2D eigenvalue weighted by molar-refractivity contribution is 6.33. The van der Waals surface area contributed by atoms with Crippen molar-refractivity contribution >= 4 is 33.5 Å². The molecule has 0 bridgehead atoms. The van der Waals surface area contributed by atoms with Crippen molar-refractivity contribution in [3.63, 3.8) is 0 Å². The molecule has 0 atom stereocenters. The van der Waals surface area contributed by atoms with Crippen molar-refractivity contribution in [3.05, 3.63) is 39.0 Å². The van der Waals surface area contributed by atoms with Crippen LogP contribution < -0.4 is 10.2 Å². The summed E-state index contributed by atoms with van der Waals surface area (Å²) < 4.78 is 10.7. The third-order valence-corrected chi connectivity index (χ3v) is 3.86. The lowest BCUT2D eigenvalue weighted by Gasteiger charge is -2.10. The van der Waals surface area contributed by atoms with Crippen molar-refractivity contribution in [3.8, 4) is 17.2 Å². The average molecular weight is 307 g/mol. The van der Waals surface area contributed by atoms with Crippen LogP contribution in [0, 0.1) is 6.92 Å². The summed E-state index contributed by atoms with van der Waals surface area (Å²) in [7, 11) is 1.46. The van der Waals surface area contributed by atoms with E-state index in [9.17, 15) is 15.0 Å². The monoisotopic (exact) mass is 306 g/mol. The summed E-state index contributed by atoms with van der Waals surface area (Å²) in [5, 5.41) is 20.0. The van der Waals surface area contributed by atoms with Crippen molar-refractivity contribution in [2.24, 2.45) is 0 Å². The van der Waals surface area contributed by atoms with Gasteiger partial charge in [0.15, 0.2) is 0 Å². The molecule has 0 saturated heterocycles. The molecule has 0 aliphatic heterocycles. The van der Waals surface area contributed by atoms with Gasteiger partial charge >= 0.3 is 0 Å². The zero-order valence-electron chi connectivity index (χ0n) is 11.2. The first-order valence-corrected chi connectivity index (χ1v) is 6.47. The Morgan fingerprint density at radius 1 is 1.14 bits per heavy atom. The molecule has 3 rings (SSSR count). The van der Waals surface area contributed by atoms with Gasteiger partial charge in [-0.3, -0.25) is 4.79 Å². The second-order valence-corrected chi connectivity index (χ2v) is 5.04. The predicted octanol–water partition coefficient (Wildman–Crippen LogP) is 3.33. The molecule has 3 aromatic rings. The number of hydrogen-bond acceptors (Lipinski definition) is 5. The molecule has 0 radical (unpaired) electrons. The number of aryl methyl sites for hydroxylation is 1. The number of methoxy groups -OCH3 is 1. The smallest absolute Gasteiger partial charge is 0.204 e. The lowest BCUT2D eigenvalue weighted by molar-refractivity contribution is 0.414. The van der Waals surface area contributed by atoms with Gasteiger partial charge in [0, 0.05) is 18.2 Å². The van der Waals surface area contributed by atoms with E-state index in [1.165, 1.54) is 19.2 Å². The number of phenols is 2. The second kappa shape index (κ2) is 4.56. The van der Waals surface area contributed by atoms with Crippen molar-refractivity contribution in [2.75, 3.05) is 7.11 Å². The van der Waals surface area contributed by atoms with Crippen LogP contribution in [0.15, 0.2) is 27.4 Å². The van der Waals surface area contributed by atoms with Gasteiger partial charge in [0.25, 0.3) is 0 Å². The van der Waals surface area contributed by atoms with Gasteiger partial charge in [-0.1, -0.05) is 11.6 Å². The van der Waals surface area contributed by atoms with E-state index >= 15 is 0 Å². The third-order valence-electron chi connectivity index (χ3n) is 3.39. The van der Waals surface area contributed by atoms with Crippen LogP contribution in [-0.2, 0) is 0 Å². The number of halogens is 1. The number of ether oxygens (including phenoxy) is 1. The van der Waals surface area contributed by atoms with Crippen LogP contribution in [0.5, 0.6) is 17.2 Å². The largest absolute Gasteiger partial charge is 0.508 e. The maximum atomic E-state index is 12.6. The minimum atomic E-state index is -0.411. The van der Waals surface area contributed by atoms with Gasteiger partial charge in [-0.05, 0) is 12.5 Å². The summed E-state index contributed by atoms with van der Waals surface area (Å²) in [5.41, 5.74) is 0.463. The van der Waals surface area contributed by atoms with Crippen LogP contribution in [0.3, 0.4) is 0 Å². The lowest BCUT2D eigenvalue weighted by Crippen LogP contribution is -2.05. The summed E-state index contributed by atoms with van der Waals surface area (Å²) in [6.07, 6.45) is 0. The van der Waals surface area contributed by atoms with E-state index in [4.69, 9.17) is 20.8 Å². The van der Waals surface area contributed by atoms with Crippen LogP contribution in [0.2, 0.25) is 5.02 Å². The topological polar surface area (TPSA) is 79.9 Å². The molecule has 21 heavy (non-hydrogen) atoms. The van der Waals surface area contributed by atoms with E-state index in [0.717, 1.165) is 6.07 Å². The van der Waals surface area contributed by atoms with Crippen molar-refractivity contribution in [1.29, 1.82) is 0 Å². The van der Waals surface area contributed by atoms with Gasteiger partial charge in [0.2, 0.25) is 5.43 Å².